The van der Waals surface area contributed by atoms with E-state index in [0.29, 0.717) is 22.6 Å². The number of furan rings is 1. The van der Waals surface area contributed by atoms with Crippen LogP contribution in [0.5, 0.6) is 17.2 Å². The van der Waals surface area contributed by atoms with Crippen LogP contribution in [0.25, 0.3) is 6.08 Å². The Hall–Kier alpha value is -2.69. The van der Waals surface area contributed by atoms with E-state index in [2.05, 4.69) is 0 Å². The molecule has 0 radical (unpaired) electrons. The number of hydrogen-bond donors (Lipinski definition) is 1. The average molecular weight is 302 g/mol. The highest BCUT2D eigenvalue weighted by Crippen LogP contribution is 2.37. The summed E-state index contributed by atoms with van der Waals surface area (Å²) >= 11 is 0. The fourth-order valence-corrected chi connectivity index (χ4v) is 2.15. The maximum Gasteiger partial charge on any atom is 0.200 e. The smallest absolute Gasteiger partial charge is 0.200 e. The second-order valence-corrected chi connectivity index (χ2v) is 4.80. The highest BCUT2D eigenvalue weighted by atomic mass is 16.5. The van der Waals surface area contributed by atoms with Crippen LogP contribution in [-0.4, -0.2) is 25.1 Å². The lowest BCUT2D eigenvalue weighted by atomic mass is 10.1. The molecule has 0 saturated carbocycles. The molecule has 1 aromatic heterocycles. The van der Waals surface area contributed by atoms with Crippen LogP contribution in [0, 0.1) is 13.8 Å². The molecule has 0 amide bonds. The SMILES string of the molecule is COc1cc(/C=C/C(=O)c2cc(C)oc2C)cc(OC)c1O. The second kappa shape index (κ2) is 6.39. The topological polar surface area (TPSA) is 68.9 Å². The third-order valence-corrected chi connectivity index (χ3v) is 3.24. The van der Waals surface area contributed by atoms with Crippen LogP contribution in [0.4, 0.5) is 0 Å². The molecule has 2 aromatic rings. The van der Waals surface area contributed by atoms with Crippen molar-refractivity contribution in [2.75, 3.05) is 14.2 Å². The van der Waals surface area contributed by atoms with E-state index < -0.39 is 0 Å². The Morgan fingerprint density at radius 2 is 1.73 bits per heavy atom. The van der Waals surface area contributed by atoms with E-state index >= 15 is 0 Å². The number of aryl methyl sites for hydroxylation is 2. The number of aromatic hydroxyl groups is 1. The maximum absolute atomic E-state index is 12.2. The first-order valence-electron chi connectivity index (χ1n) is 6.70. The first-order chi connectivity index (χ1) is 10.5. The Bertz CT molecular complexity index is 700. The second-order valence-electron chi connectivity index (χ2n) is 4.80. The van der Waals surface area contributed by atoms with Gasteiger partial charge in [-0.15, -0.1) is 0 Å². The predicted molar refractivity (Wildman–Crippen MR) is 82.8 cm³/mol. The molecule has 22 heavy (non-hydrogen) atoms. The molecule has 0 saturated heterocycles. The van der Waals surface area contributed by atoms with E-state index in [1.165, 1.54) is 20.3 Å². The van der Waals surface area contributed by atoms with Gasteiger partial charge in [0, 0.05) is 0 Å². The van der Waals surface area contributed by atoms with Gasteiger partial charge in [0.15, 0.2) is 17.3 Å². The highest BCUT2D eigenvalue weighted by Gasteiger charge is 2.12. The van der Waals surface area contributed by atoms with Crippen LogP contribution in [0.15, 0.2) is 28.7 Å². The molecular formula is C17H18O5. The Morgan fingerprint density at radius 3 is 2.18 bits per heavy atom. The van der Waals surface area contributed by atoms with E-state index in [0.717, 1.165) is 0 Å². The first-order valence-corrected chi connectivity index (χ1v) is 6.70. The molecule has 5 nitrogen and oxygen atoms in total. The summed E-state index contributed by atoms with van der Waals surface area (Å²) in [6, 6.07) is 4.95. The molecule has 1 N–H and O–H groups in total. The van der Waals surface area contributed by atoms with Gasteiger partial charge in [-0.25, -0.2) is 0 Å². The highest BCUT2D eigenvalue weighted by molar-refractivity contribution is 6.07. The number of allylic oxidation sites excluding steroid dienone is 1. The van der Waals surface area contributed by atoms with Crippen LogP contribution < -0.4 is 9.47 Å². The van der Waals surface area contributed by atoms with Crippen molar-refractivity contribution in [2.45, 2.75) is 13.8 Å². The molecule has 1 aromatic carbocycles. The van der Waals surface area contributed by atoms with Crippen molar-refractivity contribution < 1.29 is 23.8 Å². The van der Waals surface area contributed by atoms with Gasteiger partial charge in [-0.1, -0.05) is 6.08 Å². The molecule has 2 rings (SSSR count). The number of carbonyl (C=O) groups is 1. The summed E-state index contributed by atoms with van der Waals surface area (Å²) in [6.45, 7) is 3.55. The predicted octanol–water partition coefficient (Wildman–Crippen LogP) is 3.52. The lowest BCUT2D eigenvalue weighted by Crippen LogP contribution is -1.94. The van der Waals surface area contributed by atoms with Crippen LogP contribution in [0.1, 0.15) is 27.4 Å². The summed E-state index contributed by atoms with van der Waals surface area (Å²) in [4.78, 5) is 12.2. The third-order valence-electron chi connectivity index (χ3n) is 3.24. The molecule has 116 valence electrons. The van der Waals surface area contributed by atoms with Crippen molar-refractivity contribution in [1.29, 1.82) is 0 Å². The molecule has 0 bridgehead atoms. The summed E-state index contributed by atoms with van der Waals surface area (Å²) in [7, 11) is 2.90. The number of hydrogen-bond acceptors (Lipinski definition) is 5. The van der Waals surface area contributed by atoms with Gasteiger partial charge < -0.3 is 19.0 Å². The molecule has 5 heteroatoms. The summed E-state index contributed by atoms with van der Waals surface area (Å²) < 4.78 is 15.5. The van der Waals surface area contributed by atoms with Gasteiger partial charge in [0.1, 0.15) is 11.5 Å². The summed E-state index contributed by atoms with van der Waals surface area (Å²) in [5.41, 5.74) is 1.21. The van der Waals surface area contributed by atoms with Crippen LogP contribution >= 0.6 is 0 Å². The molecule has 0 unspecified atom stereocenters. The van der Waals surface area contributed by atoms with Crippen molar-refractivity contribution in [3.63, 3.8) is 0 Å². The monoisotopic (exact) mass is 302 g/mol. The molecule has 0 aliphatic carbocycles. The van der Waals surface area contributed by atoms with Crippen molar-refractivity contribution >= 4 is 11.9 Å². The number of phenolic OH excluding ortho intramolecular Hbond substituents is 1. The van der Waals surface area contributed by atoms with Crippen molar-refractivity contribution in [3.05, 3.63) is 46.9 Å². The zero-order chi connectivity index (χ0) is 16.3. The van der Waals surface area contributed by atoms with Gasteiger partial charge in [0.2, 0.25) is 5.75 Å². The molecule has 0 spiro atoms. The zero-order valence-corrected chi connectivity index (χ0v) is 13.0. The van der Waals surface area contributed by atoms with E-state index in [9.17, 15) is 9.90 Å². The largest absolute Gasteiger partial charge is 0.502 e. The zero-order valence-electron chi connectivity index (χ0n) is 13.0. The Balaban J connectivity index is 2.30. The lowest BCUT2D eigenvalue weighted by molar-refractivity contribution is 0.104. The minimum atomic E-state index is -0.152. The van der Waals surface area contributed by atoms with Crippen LogP contribution in [-0.2, 0) is 0 Å². The van der Waals surface area contributed by atoms with E-state index in [1.54, 1.807) is 38.1 Å². The quantitative estimate of drug-likeness (QED) is 0.676. The van der Waals surface area contributed by atoms with Gasteiger partial charge in [-0.05, 0) is 43.7 Å². The minimum Gasteiger partial charge on any atom is -0.502 e. The third kappa shape index (κ3) is 3.14. The summed E-state index contributed by atoms with van der Waals surface area (Å²) in [5, 5.41) is 9.85. The average Bonchev–Trinajstić information content (AvgIpc) is 2.84. The number of rotatable bonds is 5. The molecule has 0 aliphatic heterocycles. The molecule has 1 heterocycles. The molecule has 0 fully saturated rings. The Labute approximate surface area is 128 Å². The van der Waals surface area contributed by atoms with Gasteiger partial charge in [0.25, 0.3) is 0 Å². The number of ketones is 1. The minimum absolute atomic E-state index is 0.0743. The van der Waals surface area contributed by atoms with Crippen molar-refractivity contribution in [1.82, 2.24) is 0 Å². The van der Waals surface area contributed by atoms with Gasteiger partial charge >= 0.3 is 0 Å². The summed E-state index contributed by atoms with van der Waals surface area (Å²) in [6.07, 6.45) is 3.08. The molecule has 0 aliphatic rings. The number of carbonyl (C=O) groups excluding carboxylic acids is 1. The number of methoxy groups -OCH3 is 2. The fraction of sp³-hybridized carbons (Fsp3) is 0.235. The number of phenols is 1. The van der Waals surface area contributed by atoms with Crippen molar-refractivity contribution in [2.24, 2.45) is 0 Å². The molecular weight excluding hydrogens is 284 g/mol. The normalized spacial score (nSPS) is 10.9. The van der Waals surface area contributed by atoms with Gasteiger partial charge in [-0.2, -0.15) is 0 Å². The van der Waals surface area contributed by atoms with Crippen LogP contribution in [0.3, 0.4) is 0 Å². The standard InChI is InChI=1S/C17H18O5/c1-10-7-13(11(2)22-10)14(18)6-5-12-8-15(20-3)17(19)16(9-12)21-4/h5-9,19H,1-4H3/b6-5+. The van der Waals surface area contributed by atoms with Gasteiger partial charge in [0.05, 0.1) is 19.8 Å². The lowest BCUT2D eigenvalue weighted by Gasteiger charge is -2.09. The van der Waals surface area contributed by atoms with E-state index in [-0.39, 0.29) is 23.0 Å². The number of ether oxygens (including phenoxy) is 2. The molecule has 0 atom stereocenters. The fourth-order valence-electron chi connectivity index (χ4n) is 2.15. The Morgan fingerprint density at radius 1 is 1.14 bits per heavy atom. The number of benzene rings is 1. The maximum atomic E-state index is 12.2. The van der Waals surface area contributed by atoms with Crippen LogP contribution in [0.2, 0.25) is 0 Å². The Kier molecular flexibility index (Phi) is 4.56. The van der Waals surface area contributed by atoms with Gasteiger partial charge in [-0.3, -0.25) is 4.79 Å². The van der Waals surface area contributed by atoms with Crippen molar-refractivity contribution in [3.8, 4) is 17.2 Å². The van der Waals surface area contributed by atoms with E-state index in [1.807, 2.05) is 0 Å². The van der Waals surface area contributed by atoms with E-state index in [4.69, 9.17) is 13.9 Å². The first kappa shape index (κ1) is 15.7. The summed E-state index contributed by atoms with van der Waals surface area (Å²) in [5.74, 6) is 1.62.